The van der Waals surface area contributed by atoms with E-state index in [1.807, 2.05) is 6.92 Å². The van der Waals surface area contributed by atoms with Crippen LogP contribution in [0.4, 0.5) is 5.82 Å². The number of imidazole rings is 1. The van der Waals surface area contributed by atoms with E-state index in [1.165, 1.54) is 6.33 Å². The third kappa shape index (κ3) is 1.70. The zero-order chi connectivity index (χ0) is 11.8. The lowest BCUT2D eigenvalue weighted by atomic mass is 10.1. The van der Waals surface area contributed by atoms with E-state index < -0.39 is 5.66 Å². The topological polar surface area (TPSA) is 133 Å². The van der Waals surface area contributed by atoms with Crippen molar-refractivity contribution in [3.8, 4) is 0 Å². The fourth-order valence-corrected chi connectivity index (χ4v) is 1.60. The normalized spacial score (nSPS) is 12.2. The predicted octanol–water partition coefficient (Wildman–Crippen LogP) is -0.195. The van der Waals surface area contributed by atoms with Crippen LogP contribution >= 0.6 is 0 Å². The van der Waals surface area contributed by atoms with Crippen LogP contribution in [0.1, 0.15) is 25.6 Å². The van der Waals surface area contributed by atoms with Crippen molar-refractivity contribution in [1.82, 2.24) is 19.9 Å². The highest BCUT2D eigenvalue weighted by Gasteiger charge is 2.25. The molecule has 2 rings (SSSR count). The van der Waals surface area contributed by atoms with Gasteiger partial charge in [0.1, 0.15) is 23.3 Å². The molecule has 86 valence electrons. The highest BCUT2D eigenvalue weighted by Crippen LogP contribution is 2.20. The highest BCUT2D eigenvalue weighted by atomic mass is 15.1. The van der Waals surface area contributed by atoms with Gasteiger partial charge in [0.15, 0.2) is 11.5 Å². The van der Waals surface area contributed by atoms with E-state index in [0.717, 1.165) is 6.42 Å². The van der Waals surface area contributed by atoms with Crippen molar-refractivity contribution in [2.45, 2.75) is 25.4 Å². The number of H-pyrrole nitrogens is 1. The van der Waals surface area contributed by atoms with Crippen molar-refractivity contribution >= 4 is 17.0 Å². The maximum Gasteiger partial charge on any atom is 0.183 e. The van der Waals surface area contributed by atoms with E-state index >= 15 is 0 Å². The number of hydrogen-bond donors (Lipinski definition) is 4. The second-order valence-electron chi connectivity index (χ2n) is 3.83. The van der Waals surface area contributed by atoms with E-state index in [4.69, 9.17) is 17.2 Å². The van der Waals surface area contributed by atoms with Gasteiger partial charge in [-0.1, -0.05) is 13.3 Å². The molecular weight excluding hydrogens is 206 g/mol. The molecule has 0 aliphatic carbocycles. The maximum atomic E-state index is 5.96. The average molecular weight is 221 g/mol. The summed E-state index contributed by atoms with van der Waals surface area (Å²) in [6.07, 6.45) is 2.85. The van der Waals surface area contributed by atoms with Gasteiger partial charge in [-0.15, -0.1) is 0 Å². The molecule has 0 fully saturated rings. The lowest BCUT2D eigenvalue weighted by molar-refractivity contribution is 0.400. The van der Waals surface area contributed by atoms with Gasteiger partial charge in [0.2, 0.25) is 0 Å². The van der Waals surface area contributed by atoms with Crippen molar-refractivity contribution < 1.29 is 0 Å². The Balaban J connectivity index is 2.51. The van der Waals surface area contributed by atoms with E-state index in [-0.39, 0.29) is 0 Å². The summed E-state index contributed by atoms with van der Waals surface area (Å²) in [5.41, 5.74) is 17.7. The van der Waals surface area contributed by atoms with Crippen LogP contribution in [0.3, 0.4) is 0 Å². The van der Waals surface area contributed by atoms with Gasteiger partial charge >= 0.3 is 0 Å². The molecule has 0 aliphatic heterocycles. The molecule has 2 heterocycles. The van der Waals surface area contributed by atoms with Crippen LogP contribution in [0.5, 0.6) is 0 Å². The molecule has 0 spiro atoms. The summed E-state index contributed by atoms with van der Waals surface area (Å²) in [5.74, 6) is 0.826. The van der Waals surface area contributed by atoms with Gasteiger partial charge in [0.25, 0.3) is 0 Å². The van der Waals surface area contributed by atoms with E-state index in [9.17, 15) is 0 Å². The van der Waals surface area contributed by atoms with Crippen molar-refractivity contribution in [2.75, 3.05) is 5.73 Å². The molecule has 0 saturated carbocycles. The largest absolute Gasteiger partial charge is 0.382 e. The summed E-state index contributed by atoms with van der Waals surface area (Å²) in [4.78, 5) is 15.1. The van der Waals surface area contributed by atoms with Gasteiger partial charge in [-0.3, -0.25) is 0 Å². The summed E-state index contributed by atoms with van der Waals surface area (Å²) < 4.78 is 0. The smallest absolute Gasteiger partial charge is 0.183 e. The molecule has 0 bridgehead atoms. The molecule has 0 saturated heterocycles. The minimum atomic E-state index is -0.984. The molecule has 0 radical (unpaired) electrons. The molecule has 2 aromatic heterocycles. The molecule has 7 N–H and O–H groups in total. The highest BCUT2D eigenvalue weighted by molar-refractivity contribution is 5.81. The number of nitrogens with two attached hydrogens (primary N) is 3. The molecular formula is C9H15N7. The SMILES string of the molecule is CCCC(N)(N)c1nc2ncnc(N)c2[nH]1. The van der Waals surface area contributed by atoms with Crippen molar-refractivity contribution in [2.24, 2.45) is 11.5 Å². The molecule has 0 amide bonds. The molecule has 16 heavy (non-hydrogen) atoms. The van der Waals surface area contributed by atoms with Crippen LogP contribution in [-0.4, -0.2) is 19.9 Å². The zero-order valence-electron chi connectivity index (χ0n) is 9.07. The Morgan fingerprint density at radius 1 is 1.38 bits per heavy atom. The number of fused-ring (bicyclic) bond motifs is 1. The molecule has 2 aromatic rings. The van der Waals surface area contributed by atoms with Gasteiger partial charge in [-0.25, -0.2) is 15.0 Å². The Morgan fingerprint density at radius 2 is 2.12 bits per heavy atom. The molecule has 0 unspecified atom stereocenters. The van der Waals surface area contributed by atoms with Crippen molar-refractivity contribution in [3.63, 3.8) is 0 Å². The Kier molecular flexibility index (Phi) is 2.49. The minimum Gasteiger partial charge on any atom is -0.382 e. The summed E-state index contributed by atoms with van der Waals surface area (Å²) in [6, 6.07) is 0. The third-order valence-electron chi connectivity index (χ3n) is 2.42. The van der Waals surface area contributed by atoms with E-state index in [2.05, 4.69) is 19.9 Å². The number of aromatic amines is 1. The number of hydrogen-bond acceptors (Lipinski definition) is 6. The third-order valence-corrected chi connectivity index (χ3v) is 2.42. The molecule has 0 aromatic carbocycles. The first-order valence-corrected chi connectivity index (χ1v) is 5.09. The lowest BCUT2D eigenvalue weighted by Gasteiger charge is -2.20. The molecule has 7 heteroatoms. The second kappa shape index (κ2) is 3.69. The number of anilines is 1. The van der Waals surface area contributed by atoms with Gasteiger partial charge in [0, 0.05) is 0 Å². The van der Waals surface area contributed by atoms with Crippen LogP contribution in [-0.2, 0) is 5.66 Å². The number of rotatable bonds is 3. The average Bonchev–Trinajstić information content (AvgIpc) is 2.63. The van der Waals surface area contributed by atoms with E-state index in [0.29, 0.717) is 29.2 Å². The number of nitrogens with one attached hydrogen (secondary N) is 1. The van der Waals surface area contributed by atoms with Gasteiger partial charge < -0.3 is 22.2 Å². The Bertz CT molecular complexity index is 502. The van der Waals surface area contributed by atoms with Crippen molar-refractivity contribution in [1.29, 1.82) is 0 Å². The first kappa shape index (κ1) is 10.8. The summed E-state index contributed by atoms with van der Waals surface area (Å²) in [5, 5.41) is 0. The molecule has 7 nitrogen and oxygen atoms in total. The number of aromatic nitrogens is 4. The standard InChI is InChI=1S/C9H15N7/c1-2-3-9(11,12)8-15-5-6(10)13-4-14-7(5)16-8/h4H,2-3,11-12H2,1H3,(H3,10,13,14,15,16). The summed E-state index contributed by atoms with van der Waals surface area (Å²) in [7, 11) is 0. The first-order valence-electron chi connectivity index (χ1n) is 5.09. The number of nitrogens with zero attached hydrogens (tertiary/aromatic N) is 3. The Hall–Kier alpha value is -1.73. The van der Waals surface area contributed by atoms with Crippen LogP contribution in [0.2, 0.25) is 0 Å². The first-order chi connectivity index (χ1) is 7.54. The van der Waals surface area contributed by atoms with E-state index in [1.54, 1.807) is 0 Å². The Morgan fingerprint density at radius 3 is 2.75 bits per heavy atom. The molecule has 0 atom stereocenters. The van der Waals surface area contributed by atoms with Crippen molar-refractivity contribution in [3.05, 3.63) is 12.2 Å². The molecule has 0 aliphatic rings. The van der Waals surface area contributed by atoms with Crippen LogP contribution in [0.15, 0.2) is 6.33 Å². The zero-order valence-corrected chi connectivity index (χ0v) is 9.07. The fourth-order valence-electron chi connectivity index (χ4n) is 1.60. The quantitative estimate of drug-likeness (QED) is 0.531. The van der Waals surface area contributed by atoms with Crippen LogP contribution in [0.25, 0.3) is 11.2 Å². The summed E-state index contributed by atoms with van der Waals surface area (Å²) in [6.45, 7) is 2.01. The minimum absolute atomic E-state index is 0.344. The van der Waals surface area contributed by atoms with Gasteiger partial charge in [-0.05, 0) is 6.42 Å². The summed E-state index contributed by atoms with van der Waals surface area (Å²) >= 11 is 0. The Labute approximate surface area is 92.5 Å². The van der Waals surface area contributed by atoms with Gasteiger partial charge in [-0.2, -0.15) is 0 Å². The number of nitrogen functional groups attached to an aromatic ring is 1. The lowest BCUT2D eigenvalue weighted by Crippen LogP contribution is -2.46. The van der Waals surface area contributed by atoms with Gasteiger partial charge in [0.05, 0.1) is 0 Å². The maximum absolute atomic E-state index is 5.96. The second-order valence-corrected chi connectivity index (χ2v) is 3.83. The monoisotopic (exact) mass is 221 g/mol. The van der Waals surface area contributed by atoms with Crippen LogP contribution < -0.4 is 17.2 Å². The van der Waals surface area contributed by atoms with Crippen LogP contribution in [0, 0.1) is 0 Å². The fraction of sp³-hybridized carbons (Fsp3) is 0.444. The predicted molar refractivity (Wildman–Crippen MR) is 61.1 cm³/mol.